The molecule has 3 heteroatoms. The molecule has 0 heterocycles. The molecule has 0 radical (unpaired) electrons. The molecule has 0 rings (SSSR count). The molecule has 0 aliphatic heterocycles. The molecule has 0 aliphatic carbocycles. The molecule has 0 bridgehead atoms. The zero-order valence-corrected chi connectivity index (χ0v) is 8.22. The maximum atomic E-state index is 11.0. The molecule has 1 N–H and O–H groups in total. The Bertz CT molecular complexity index is 126. The van der Waals surface area contributed by atoms with Crippen LogP contribution in [0.1, 0.15) is 33.1 Å². The van der Waals surface area contributed by atoms with Crippen molar-refractivity contribution in [1.29, 1.82) is 0 Å². The predicted molar refractivity (Wildman–Crippen MR) is 49.0 cm³/mol. The van der Waals surface area contributed by atoms with E-state index in [4.69, 9.17) is 4.74 Å². The van der Waals surface area contributed by atoms with E-state index in [9.17, 15) is 4.79 Å². The number of hydrogen-bond donors (Lipinski definition) is 1. The summed E-state index contributed by atoms with van der Waals surface area (Å²) in [5, 5.41) is 3.09. The second-order valence-electron chi connectivity index (χ2n) is 2.78. The van der Waals surface area contributed by atoms with Gasteiger partial charge < -0.3 is 10.1 Å². The molecule has 0 saturated heterocycles. The van der Waals surface area contributed by atoms with E-state index in [1.807, 2.05) is 14.0 Å². The van der Waals surface area contributed by atoms with E-state index in [1.165, 1.54) is 0 Å². The maximum absolute atomic E-state index is 11.0. The van der Waals surface area contributed by atoms with Gasteiger partial charge in [-0.2, -0.15) is 0 Å². The van der Waals surface area contributed by atoms with Crippen molar-refractivity contribution >= 4 is 5.97 Å². The Kier molecular flexibility index (Phi) is 6.76. The highest BCUT2D eigenvalue weighted by atomic mass is 16.5. The van der Waals surface area contributed by atoms with Crippen LogP contribution < -0.4 is 5.32 Å². The lowest BCUT2D eigenvalue weighted by molar-refractivity contribution is -0.143. The summed E-state index contributed by atoms with van der Waals surface area (Å²) in [7, 11) is 1.87. The standard InChI is InChI=1S/C9H19NO2/c1-4-6-8(10-3)7-9(11)12-5-2/h8,10H,4-7H2,1-3H3. The Hall–Kier alpha value is -0.570. The molecule has 0 aromatic rings. The van der Waals surface area contributed by atoms with Gasteiger partial charge in [-0.3, -0.25) is 4.79 Å². The molecule has 1 atom stereocenters. The molecule has 0 aromatic carbocycles. The number of nitrogens with one attached hydrogen (secondary N) is 1. The molecule has 3 nitrogen and oxygen atoms in total. The van der Waals surface area contributed by atoms with Gasteiger partial charge in [-0.1, -0.05) is 13.3 Å². The van der Waals surface area contributed by atoms with Crippen molar-refractivity contribution < 1.29 is 9.53 Å². The van der Waals surface area contributed by atoms with Gasteiger partial charge in [0.05, 0.1) is 13.0 Å². The lowest BCUT2D eigenvalue weighted by atomic mass is 10.1. The highest BCUT2D eigenvalue weighted by Crippen LogP contribution is 2.02. The fourth-order valence-corrected chi connectivity index (χ4v) is 1.12. The van der Waals surface area contributed by atoms with Crippen molar-refractivity contribution in [3.05, 3.63) is 0 Å². The average Bonchev–Trinajstić information content (AvgIpc) is 2.04. The Morgan fingerprint density at radius 2 is 2.17 bits per heavy atom. The highest BCUT2D eigenvalue weighted by molar-refractivity contribution is 5.70. The van der Waals surface area contributed by atoms with Crippen LogP contribution in [0.25, 0.3) is 0 Å². The molecular formula is C9H19NO2. The van der Waals surface area contributed by atoms with Gasteiger partial charge in [0, 0.05) is 6.04 Å². The van der Waals surface area contributed by atoms with Crippen LogP contribution in [0.2, 0.25) is 0 Å². The molecule has 1 unspecified atom stereocenters. The predicted octanol–water partition coefficient (Wildman–Crippen LogP) is 1.33. The minimum atomic E-state index is -0.106. The van der Waals surface area contributed by atoms with Crippen LogP contribution >= 0.6 is 0 Å². The molecule has 0 aliphatic rings. The van der Waals surface area contributed by atoms with Crippen LogP contribution in [0, 0.1) is 0 Å². The summed E-state index contributed by atoms with van der Waals surface area (Å²) < 4.78 is 4.84. The summed E-state index contributed by atoms with van der Waals surface area (Å²) in [6.07, 6.45) is 2.60. The SMILES string of the molecule is CCCC(CC(=O)OCC)NC. The number of ether oxygens (including phenoxy) is 1. The summed E-state index contributed by atoms with van der Waals surface area (Å²) >= 11 is 0. The van der Waals surface area contributed by atoms with E-state index < -0.39 is 0 Å². The average molecular weight is 173 g/mol. The van der Waals surface area contributed by atoms with E-state index in [0.717, 1.165) is 12.8 Å². The smallest absolute Gasteiger partial charge is 0.307 e. The lowest BCUT2D eigenvalue weighted by Crippen LogP contribution is -2.28. The molecule has 0 fully saturated rings. The van der Waals surface area contributed by atoms with Crippen molar-refractivity contribution in [2.45, 2.75) is 39.2 Å². The van der Waals surface area contributed by atoms with E-state index in [-0.39, 0.29) is 12.0 Å². The third-order valence-electron chi connectivity index (χ3n) is 1.76. The van der Waals surface area contributed by atoms with Gasteiger partial charge in [-0.05, 0) is 20.4 Å². The maximum Gasteiger partial charge on any atom is 0.307 e. The molecule has 0 saturated carbocycles. The zero-order valence-electron chi connectivity index (χ0n) is 8.22. The Balaban J connectivity index is 3.61. The Morgan fingerprint density at radius 1 is 1.50 bits per heavy atom. The van der Waals surface area contributed by atoms with Crippen molar-refractivity contribution in [3.8, 4) is 0 Å². The first kappa shape index (κ1) is 11.4. The van der Waals surface area contributed by atoms with Crippen molar-refractivity contribution in [3.63, 3.8) is 0 Å². The molecular weight excluding hydrogens is 154 g/mol. The van der Waals surface area contributed by atoms with Gasteiger partial charge in [-0.15, -0.1) is 0 Å². The Morgan fingerprint density at radius 3 is 2.58 bits per heavy atom. The van der Waals surface area contributed by atoms with Gasteiger partial charge in [0.25, 0.3) is 0 Å². The molecule has 0 aromatic heterocycles. The summed E-state index contributed by atoms with van der Waals surface area (Å²) in [6.45, 7) is 4.41. The van der Waals surface area contributed by atoms with Crippen LogP contribution in [0.3, 0.4) is 0 Å². The molecule has 0 spiro atoms. The van der Waals surface area contributed by atoms with Crippen molar-refractivity contribution in [1.82, 2.24) is 5.32 Å². The summed E-state index contributed by atoms with van der Waals surface area (Å²) in [4.78, 5) is 11.0. The first-order chi connectivity index (χ1) is 5.74. The van der Waals surface area contributed by atoms with Crippen LogP contribution in [0.4, 0.5) is 0 Å². The van der Waals surface area contributed by atoms with E-state index >= 15 is 0 Å². The van der Waals surface area contributed by atoms with Gasteiger partial charge in [-0.25, -0.2) is 0 Å². The van der Waals surface area contributed by atoms with E-state index in [0.29, 0.717) is 13.0 Å². The fraction of sp³-hybridized carbons (Fsp3) is 0.889. The van der Waals surface area contributed by atoms with E-state index in [1.54, 1.807) is 0 Å². The topological polar surface area (TPSA) is 38.3 Å². The van der Waals surface area contributed by atoms with Crippen LogP contribution in [-0.4, -0.2) is 25.7 Å². The number of carbonyl (C=O) groups is 1. The lowest BCUT2D eigenvalue weighted by Gasteiger charge is -2.13. The van der Waals surface area contributed by atoms with Crippen LogP contribution in [-0.2, 0) is 9.53 Å². The minimum absolute atomic E-state index is 0.106. The molecule has 12 heavy (non-hydrogen) atoms. The largest absolute Gasteiger partial charge is 0.466 e. The van der Waals surface area contributed by atoms with Gasteiger partial charge >= 0.3 is 5.97 Å². The quantitative estimate of drug-likeness (QED) is 0.616. The van der Waals surface area contributed by atoms with Crippen LogP contribution in [0.15, 0.2) is 0 Å². The summed E-state index contributed by atoms with van der Waals surface area (Å²) in [5.41, 5.74) is 0. The number of rotatable bonds is 6. The zero-order chi connectivity index (χ0) is 9.40. The third kappa shape index (κ3) is 5.13. The van der Waals surface area contributed by atoms with Gasteiger partial charge in [0.1, 0.15) is 0 Å². The number of hydrogen-bond acceptors (Lipinski definition) is 3. The Labute approximate surface area is 74.5 Å². The molecule has 72 valence electrons. The first-order valence-corrected chi connectivity index (χ1v) is 4.57. The fourth-order valence-electron chi connectivity index (χ4n) is 1.12. The second kappa shape index (κ2) is 7.10. The van der Waals surface area contributed by atoms with Crippen molar-refractivity contribution in [2.75, 3.05) is 13.7 Å². The van der Waals surface area contributed by atoms with Crippen LogP contribution in [0.5, 0.6) is 0 Å². The molecule has 0 amide bonds. The first-order valence-electron chi connectivity index (χ1n) is 4.57. The summed E-state index contributed by atoms with van der Waals surface area (Å²) in [6, 6.07) is 0.272. The normalized spacial score (nSPS) is 12.6. The number of carbonyl (C=O) groups excluding carboxylic acids is 1. The minimum Gasteiger partial charge on any atom is -0.466 e. The van der Waals surface area contributed by atoms with Gasteiger partial charge in [0.2, 0.25) is 0 Å². The third-order valence-corrected chi connectivity index (χ3v) is 1.76. The van der Waals surface area contributed by atoms with Crippen molar-refractivity contribution in [2.24, 2.45) is 0 Å². The highest BCUT2D eigenvalue weighted by Gasteiger charge is 2.10. The number of esters is 1. The monoisotopic (exact) mass is 173 g/mol. The summed E-state index contributed by atoms with van der Waals surface area (Å²) in [5.74, 6) is -0.106. The van der Waals surface area contributed by atoms with E-state index in [2.05, 4.69) is 12.2 Å². The van der Waals surface area contributed by atoms with Gasteiger partial charge in [0.15, 0.2) is 0 Å². The second-order valence-corrected chi connectivity index (χ2v) is 2.78.